The van der Waals surface area contributed by atoms with Gasteiger partial charge in [-0.05, 0) is 48.9 Å². The van der Waals surface area contributed by atoms with Gasteiger partial charge in [-0.25, -0.2) is 9.97 Å². The van der Waals surface area contributed by atoms with Gasteiger partial charge in [-0.2, -0.15) is 0 Å². The van der Waals surface area contributed by atoms with Gasteiger partial charge in [0, 0.05) is 22.9 Å². The largest absolute Gasteiger partial charge is 0.497 e. The summed E-state index contributed by atoms with van der Waals surface area (Å²) in [6.45, 7) is 2.71. The molecule has 0 atom stereocenters. The first kappa shape index (κ1) is 27.9. The number of benzene rings is 3. The summed E-state index contributed by atoms with van der Waals surface area (Å²) in [5, 5.41) is 3.80. The van der Waals surface area contributed by atoms with Gasteiger partial charge in [-0.1, -0.05) is 35.9 Å². The second-order valence-electron chi connectivity index (χ2n) is 9.34. The molecule has 1 aliphatic rings. The highest BCUT2D eigenvalue weighted by molar-refractivity contribution is 6.33. The van der Waals surface area contributed by atoms with Crippen molar-refractivity contribution in [3.8, 4) is 22.9 Å². The summed E-state index contributed by atoms with van der Waals surface area (Å²) < 4.78 is 15.9. The quantitative estimate of drug-likeness (QED) is 0.237. The van der Waals surface area contributed by atoms with Gasteiger partial charge in [0.2, 0.25) is 0 Å². The van der Waals surface area contributed by atoms with E-state index in [4.69, 9.17) is 35.8 Å². The first-order valence-electron chi connectivity index (χ1n) is 13.1. The van der Waals surface area contributed by atoms with Gasteiger partial charge in [-0.3, -0.25) is 9.59 Å². The third-order valence-corrected chi connectivity index (χ3v) is 7.00. The molecule has 0 fully saturated rings. The van der Waals surface area contributed by atoms with E-state index in [1.165, 1.54) is 0 Å². The molecule has 0 saturated carbocycles. The van der Waals surface area contributed by atoms with E-state index >= 15 is 0 Å². The second kappa shape index (κ2) is 12.3. The van der Waals surface area contributed by atoms with Crippen molar-refractivity contribution in [3.05, 3.63) is 94.1 Å². The molecule has 9 nitrogen and oxygen atoms in total. The van der Waals surface area contributed by atoms with Crippen LogP contribution in [0, 0.1) is 0 Å². The number of halogens is 1. The Kier molecular flexibility index (Phi) is 8.35. The summed E-state index contributed by atoms with van der Waals surface area (Å²) in [4.78, 5) is 36.8. The van der Waals surface area contributed by atoms with E-state index in [0.29, 0.717) is 63.8 Å². The smallest absolute Gasteiger partial charge is 0.310 e. The number of ether oxygens (including phenoxy) is 3. The number of fused-ring (bicyclic) bond motifs is 1. The van der Waals surface area contributed by atoms with Crippen LogP contribution in [0.5, 0.6) is 11.5 Å². The Hall–Kier alpha value is -4.63. The van der Waals surface area contributed by atoms with Crippen LogP contribution in [0.15, 0.2) is 66.7 Å². The summed E-state index contributed by atoms with van der Waals surface area (Å²) in [5.41, 5.74) is 3.99. The molecule has 3 aromatic carbocycles. The number of carbonyl (C=O) groups is 2. The van der Waals surface area contributed by atoms with Crippen LogP contribution >= 0.6 is 11.6 Å². The van der Waals surface area contributed by atoms with Crippen molar-refractivity contribution < 1.29 is 23.8 Å². The fourth-order valence-electron chi connectivity index (χ4n) is 4.65. The Morgan fingerprint density at radius 2 is 1.80 bits per heavy atom. The van der Waals surface area contributed by atoms with Gasteiger partial charge in [0.15, 0.2) is 5.82 Å². The number of methoxy groups -OCH3 is 2. The fourth-order valence-corrected chi connectivity index (χ4v) is 4.87. The fraction of sp³-hybridized carbons (Fsp3) is 0.226. The Balaban J connectivity index is 1.48. The molecule has 0 bridgehead atoms. The normalized spacial score (nSPS) is 12.2. The van der Waals surface area contributed by atoms with Gasteiger partial charge in [0.05, 0.1) is 51.1 Å². The second-order valence-corrected chi connectivity index (χ2v) is 9.75. The SMILES string of the molecule is CCOC(=O)Cc1ccc(Nc2nc(-c3ccccc3Cl)nc3c2C(=O)N(Cc2ccc(OC)cc2OC)C3)cc1. The third-order valence-electron chi connectivity index (χ3n) is 6.67. The molecular formula is C31H29ClN4O5. The lowest BCUT2D eigenvalue weighted by Gasteiger charge is -2.18. The molecule has 1 amide bonds. The summed E-state index contributed by atoms with van der Waals surface area (Å²) in [6, 6.07) is 20.1. The maximum absolute atomic E-state index is 13.7. The molecule has 41 heavy (non-hydrogen) atoms. The minimum Gasteiger partial charge on any atom is -0.497 e. The van der Waals surface area contributed by atoms with Gasteiger partial charge in [-0.15, -0.1) is 0 Å². The maximum Gasteiger partial charge on any atom is 0.310 e. The zero-order valence-electron chi connectivity index (χ0n) is 22.9. The number of rotatable bonds is 10. The number of amides is 1. The number of anilines is 2. The number of hydrogen-bond donors (Lipinski definition) is 1. The first-order chi connectivity index (χ1) is 19.9. The lowest BCUT2D eigenvalue weighted by atomic mass is 10.1. The Morgan fingerprint density at radius 3 is 2.51 bits per heavy atom. The van der Waals surface area contributed by atoms with Crippen molar-refractivity contribution in [1.29, 1.82) is 0 Å². The standard InChI is InChI=1S/C31H29ClN4O5/c1-4-41-27(37)15-19-9-12-21(13-10-19)33-30-28-25(34-29(35-30)23-7-5-6-8-24(23)32)18-36(31(28)38)17-20-11-14-22(39-2)16-26(20)40-3/h5-14,16H,4,15,17-18H2,1-3H3,(H,33,34,35). The molecule has 10 heteroatoms. The van der Waals surface area contributed by atoms with Gasteiger partial charge < -0.3 is 24.4 Å². The molecule has 1 aromatic heterocycles. The molecule has 0 radical (unpaired) electrons. The lowest BCUT2D eigenvalue weighted by Crippen LogP contribution is -2.24. The number of nitrogens with one attached hydrogen (secondary N) is 1. The van der Waals surface area contributed by atoms with Crippen molar-refractivity contribution in [1.82, 2.24) is 14.9 Å². The number of hydrogen-bond acceptors (Lipinski definition) is 8. The first-order valence-corrected chi connectivity index (χ1v) is 13.5. The molecule has 0 saturated heterocycles. The summed E-state index contributed by atoms with van der Waals surface area (Å²) in [7, 11) is 3.17. The van der Waals surface area contributed by atoms with Gasteiger partial charge in [0.25, 0.3) is 5.91 Å². The predicted octanol–water partition coefficient (Wildman–Crippen LogP) is 5.82. The Bertz CT molecular complexity index is 1590. The topological polar surface area (TPSA) is 103 Å². The zero-order valence-corrected chi connectivity index (χ0v) is 23.7. The average Bonchev–Trinajstić information content (AvgIpc) is 3.29. The molecule has 0 unspecified atom stereocenters. The molecule has 4 aromatic rings. The van der Waals surface area contributed by atoms with Crippen LogP contribution in [0.2, 0.25) is 5.02 Å². The lowest BCUT2D eigenvalue weighted by molar-refractivity contribution is -0.142. The molecule has 0 aliphatic carbocycles. The number of nitrogens with zero attached hydrogens (tertiary/aromatic N) is 3. The Labute approximate surface area is 243 Å². The maximum atomic E-state index is 13.7. The van der Waals surface area contributed by atoms with E-state index in [9.17, 15) is 9.59 Å². The van der Waals surface area contributed by atoms with E-state index in [1.54, 1.807) is 38.2 Å². The van der Waals surface area contributed by atoms with Crippen molar-refractivity contribution in [2.24, 2.45) is 0 Å². The monoisotopic (exact) mass is 572 g/mol. The molecule has 210 valence electrons. The van der Waals surface area contributed by atoms with Crippen LogP contribution < -0.4 is 14.8 Å². The number of esters is 1. The van der Waals surface area contributed by atoms with Crippen LogP contribution in [-0.2, 0) is 29.0 Å². The van der Waals surface area contributed by atoms with E-state index in [1.807, 2.05) is 54.6 Å². The molecule has 1 aliphatic heterocycles. The summed E-state index contributed by atoms with van der Waals surface area (Å²) in [5.74, 6) is 1.58. The van der Waals surface area contributed by atoms with E-state index in [0.717, 1.165) is 11.1 Å². The molecule has 0 spiro atoms. The van der Waals surface area contributed by atoms with Crippen LogP contribution in [0.25, 0.3) is 11.4 Å². The molecule has 2 heterocycles. The predicted molar refractivity (Wildman–Crippen MR) is 156 cm³/mol. The van der Waals surface area contributed by atoms with Crippen molar-refractivity contribution in [3.63, 3.8) is 0 Å². The highest BCUT2D eigenvalue weighted by atomic mass is 35.5. The zero-order chi connectivity index (χ0) is 28.9. The van der Waals surface area contributed by atoms with Crippen LogP contribution in [-0.4, -0.2) is 47.6 Å². The van der Waals surface area contributed by atoms with E-state index in [-0.39, 0.29) is 24.8 Å². The van der Waals surface area contributed by atoms with E-state index in [2.05, 4.69) is 5.32 Å². The summed E-state index contributed by atoms with van der Waals surface area (Å²) in [6.07, 6.45) is 0.177. The molecule has 5 rings (SSSR count). The van der Waals surface area contributed by atoms with Crippen molar-refractivity contribution in [2.75, 3.05) is 26.1 Å². The highest BCUT2D eigenvalue weighted by Gasteiger charge is 2.34. The summed E-state index contributed by atoms with van der Waals surface area (Å²) >= 11 is 6.49. The Morgan fingerprint density at radius 1 is 1.02 bits per heavy atom. The van der Waals surface area contributed by atoms with Crippen molar-refractivity contribution in [2.45, 2.75) is 26.4 Å². The number of carbonyl (C=O) groups excluding carboxylic acids is 2. The van der Waals surface area contributed by atoms with Crippen LogP contribution in [0.4, 0.5) is 11.5 Å². The minimum absolute atomic E-state index is 0.177. The highest BCUT2D eigenvalue weighted by Crippen LogP contribution is 2.35. The average molecular weight is 573 g/mol. The van der Waals surface area contributed by atoms with Crippen LogP contribution in [0.3, 0.4) is 0 Å². The van der Waals surface area contributed by atoms with Crippen molar-refractivity contribution >= 4 is 35.0 Å². The minimum atomic E-state index is -0.287. The van der Waals surface area contributed by atoms with Gasteiger partial charge >= 0.3 is 5.97 Å². The number of aromatic nitrogens is 2. The van der Waals surface area contributed by atoms with E-state index < -0.39 is 0 Å². The molecular weight excluding hydrogens is 544 g/mol. The van der Waals surface area contributed by atoms with Crippen LogP contribution in [0.1, 0.15) is 34.1 Å². The van der Waals surface area contributed by atoms with Gasteiger partial charge in [0.1, 0.15) is 22.9 Å². The molecule has 1 N–H and O–H groups in total. The third kappa shape index (κ3) is 6.10.